The summed E-state index contributed by atoms with van der Waals surface area (Å²) in [5.41, 5.74) is 2.48. The predicted octanol–water partition coefficient (Wildman–Crippen LogP) is 3.11. The second-order valence-electron chi connectivity index (χ2n) is 6.27. The molecule has 1 aliphatic heterocycles. The highest BCUT2D eigenvalue weighted by atomic mass is 35.5. The number of benzene rings is 1. The average Bonchev–Trinajstić information content (AvgIpc) is 3.00. The highest BCUT2D eigenvalue weighted by Gasteiger charge is 2.30. The Morgan fingerprint density at radius 2 is 1.63 bits per heavy atom. The number of piperazine rings is 1. The van der Waals surface area contributed by atoms with Gasteiger partial charge >= 0.3 is 6.09 Å². The molecule has 1 N–H and O–H groups in total. The summed E-state index contributed by atoms with van der Waals surface area (Å²) in [6, 6.07) is 13.2. The van der Waals surface area contributed by atoms with Crippen LogP contribution in [0.2, 0.25) is 5.15 Å². The van der Waals surface area contributed by atoms with Gasteiger partial charge in [0.1, 0.15) is 16.2 Å². The molecular weight excluding hydrogens is 368 g/mol. The second-order valence-corrected chi connectivity index (χ2v) is 6.63. The minimum atomic E-state index is -0.970. The maximum absolute atomic E-state index is 13.2. The van der Waals surface area contributed by atoms with Crippen LogP contribution < -0.4 is 0 Å². The molecule has 1 fully saturated rings. The zero-order valence-electron chi connectivity index (χ0n) is 14.4. The molecule has 0 saturated carbocycles. The van der Waals surface area contributed by atoms with Crippen LogP contribution in [0.15, 0.2) is 48.7 Å². The van der Waals surface area contributed by atoms with Gasteiger partial charge in [0.2, 0.25) is 0 Å². The molecule has 0 atom stereocenters. The Morgan fingerprint density at radius 1 is 0.963 bits per heavy atom. The summed E-state index contributed by atoms with van der Waals surface area (Å²) in [6.07, 6.45) is 0.662. The van der Waals surface area contributed by atoms with Crippen molar-refractivity contribution in [1.29, 1.82) is 0 Å². The Bertz CT molecular complexity index is 1010. The maximum Gasteiger partial charge on any atom is 0.407 e. The number of nitrogens with zero attached hydrogens (tertiary/aromatic N) is 4. The van der Waals surface area contributed by atoms with Crippen molar-refractivity contribution in [1.82, 2.24) is 19.4 Å². The van der Waals surface area contributed by atoms with Crippen molar-refractivity contribution in [3.63, 3.8) is 0 Å². The number of fused-ring (bicyclic) bond motifs is 1. The van der Waals surface area contributed by atoms with Gasteiger partial charge in [0, 0.05) is 38.1 Å². The first-order valence-electron chi connectivity index (χ1n) is 8.55. The average molecular weight is 385 g/mol. The number of hydrogen-bond donors (Lipinski definition) is 1. The quantitative estimate of drug-likeness (QED) is 0.736. The van der Waals surface area contributed by atoms with Crippen molar-refractivity contribution < 1.29 is 14.7 Å². The zero-order valence-corrected chi connectivity index (χ0v) is 15.1. The van der Waals surface area contributed by atoms with Crippen molar-refractivity contribution in [3.8, 4) is 5.69 Å². The van der Waals surface area contributed by atoms with E-state index in [1.54, 1.807) is 17.2 Å². The number of para-hydroxylation sites is 1. The number of carbonyl (C=O) groups is 2. The van der Waals surface area contributed by atoms with E-state index < -0.39 is 6.09 Å². The fourth-order valence-corrected chi connectivity index (χ4v) is 3.72. The Kier molecular flexibility index (Phi) is 4.45. The lowest BCUT2D eigenvalue weighted by atomic mass is 10.2. The first-order chi connectivity index (χ1) is 13.1. The molecule has 0 aliphatic carbocycles. The minimum absolute atomic E-state index is 0.233. The summed E-state index contributed by atoms with van der Waals surface area (Å²) >= 11 is 6.65. The van der Waals surface area contributed by atoms with Gasteiger partial charge in [0.15, 0.2) is 0 Å². The van der Waals surface area contributed by atoms with Crippen LogP contribution in [0.1, 0.15) is 10.4 Å². The molecule has 3 heterocycles. The Labute approximate surface area is 160 Å². The van der Waals surface area contributed by atoms with Crippen molar-refractivity contribution in [3.05, 3.63) is 59.4 Å². The van der Waals surface area contributed by atoms with E-state index >= 15 is 0 Å². The van der Waals surface area contributed by atoms with E-state index in [0.717, 1.165) is 11.2 Å². The van der Waals surface area contributed by atoms with E-state index in [9.17, 15) is 9.59 Å². The number of aromatic nitrogens is 2. The molecule has 27 heavy (non-hydrogen) atoms. The molecule has 3 aromatic rings. The van der Waals surface area contributed by atoms with Crippen LogP contribution in [0.4, 0.5) is 4.79 Å². The van der Waals surface area contributed by atoms with Crippen LogP contribution in [0.5, 0.6) is 0 Å². The third-order valence-corrected chi connectivity index (χ3v) is 5.09. The van der Waals surface area contributed by atoms with E-state index in [1.165, 1.54) is 4.90 Å². The smallest absolute Gasteiger partial charge is 0.407 e. The highest BCUT2D eigenvalue weighted by Crippen LogP contribution is 2.32. The van der Waals surface area contributed by atoms with Gasteiger partial charge in [-0.25, -0.2) is 4.79 Å². The third-order valence-electron chi connectivity index (χ3n) is 4.73. The number of pyridine rings is 1. The molecule has 2 amide bonds. The van der Waals surface area contributed by atoms with Crippen molar-refractivity contribution >= 4 is 34.6 Å². The number of hydrogen-bond acceptors (Lipinski definition) is 3. The molecule has 0 bridgehead atoms. The molecule has 8 heteroatoms. The predicted molar refractivity (Wildman–Crippen MR) is 102 cm³/mol. The third kappa shape index (κ3) is 3.00. The van der Waals surface area contributed by atoms with Crippen LogP contribution in [0.25, 0.3) is 16.7 Å². The molecule has 1 aromatic carbocycles. The first kappa shape index (κ1) is 17.4. The Hall–Kier alpha value is -3.06. The summed E-state index contributed by atoms with van der Waals surface area (Å²) in [6.45, 7) is 1.21. The standard InChI is InChI=1S/C19H17ClN4O3/c20-17-15(18(25)22-9-11-23(12-10-22)19(26)27)16-14(7-4-8-21-16)24(17)13-5-2-1-3-6-13/h1-8H,9-12H2,(H,26,27). The van der Waals surface area contributed by atoms with Crippen molar-refractivity contribution in [2.45, 2.75) is 0 Å². The van der Waals surface area contributed by atoms with E-state index in [2.05, 4.69) is 4.98 Å². The van der Waals surface area contributed by atoms with E-state index in [4.69, 9.17) is 16.7 Å². The molecule has 138 valence electrons. The molecule has 0 spiro atoms. The van der Waals surface area contributed by atoms with E-state index in [-0.39, 0.29) is 19.0 Å². The van der Waals surface area contributed by atoms with Crippen LogP contribution in [-0.2, 0) is 0 Å². The number of carboxylic acid groups (broad SMARTS) is 1. The molecule has 1 saturated heterocycles. The van der Waals surface area contributed by atoms with Crippen molar-refractivity contribution in [2.24, 2.45) is 0 Å². The number of halogens is 1. The van der Waals surface area contributed by atoms with Crippen molar-refractivity contribution in [2.75, 3.05) is 26.2 Å². The van der Waals surface area contributed by atoms with Gasteiger partial charge in [-0.2, -0.15) is 0 Å². The fraction of sp³-hybridized carbons (Fsp3) is 0.211. The lowest BCUT2D eigenvalue weighted by molar-refractivity contribution is 0.0626. The SMILES string of the molecule is O=C(O)N1CCN(C(=O)c2c(Cl)n(-c3ccccc3)c3cccnc23)CC1. The Morgan fingerprint density at radius 3 is 2.30 bits per heavy atom. The molecule has 7 nitrogen and oxygen atoms in total. The zero-order chi connectivity index (χ0) is 19.0. The maximum atomic E-state index is 13.2. The lowest BCUT2D eigenvalue weighted by Gasteiger charge is -2.33. The fourth-order valence-electron chi connectivity index (χ4n) is 3.36. The van der Waals surface area contributed by atoms with Gasteiger partial charge in [0.05, 0.1) is 5.52 Å². The van der Waals surface area contributed by atoms with Gasteiger partial charge < -0.3 is 14.9 Å². The van der Waals surface area contributed by atoms with Gasteiger partial charge in [-0.15, -0.1) is 0 Å². The van der Waals surface area contributed by atoms with E-state index in [1.807, 2.05) is 41.0 Å². The molecule has 4 rings (SSSR count). The van der Waals surface area contributed by atoms with Gasteiger partial charge in [-0.05, 0) is 24.3 Å². The summed E-state index contributed by atoms with van der Waals surface area (Å²) in [5, 5.41) is 9.39. The lowest BCUT2D eigenvalue weighted by Crippen LogP contribution is -2.50. The first-order valence-corrected chi connectivity index (χ1v) is 8.93. The summed E-state index contributed by atoms with van der Waals surface area (Å²) in [7, 11) is 0. The molecule has 0 unspecified atom stereocenters. The monoisotopic (exact) mass is 384 g/mol. The van der Waals surface area contributed by atoms with Crippen LogP contribution in [0, 0.1) is 0 Å². The summed E-state index contributed by atoms with van der Waals surface area (Å²) < 4.78 is 1.81. The molecule has 1 aliphatic rings. The van der Waals surface area contributed by atoms with Crippen LogP contribution in [-0.4, -0.2) is 62.6 Å². The normalized spacial score (nSPS) is 14.6. The van der Waals surface area contributed by atoms with Gasteiger partial charge in [-0.3, -0.25) is 14.3 Å². The van der Waals surface area contributed by atoms with Crippen LogP contribution >= 0.6 is 11.6 Å². The summed E-state index contributed by atoms with van der Waals surface area (Å²) in [4.78, 5) is 31.6. The van der Waals surface area contributed by atoms with Gasteiger partial charge in [0.25, 0.3) is 5.91 Å². The highest BCUT2D eigenvalue weighted by molar-refractivity contribution is 6.35. The van der Waals surface area contributed by atoms with Crippen LogP contribution in [0.3, 0.4) is 0 Å². The van der Waals surface area contributed by atoms with E-state index in [0.29, 0.717) is 29.3 Å². The minimum Gasteiger partial charge on any atom is -0.465 e. The molecule has 0 radical (unpaired) electrons. The molecule has 2 aromatic heterocycles. The largest absolute Gasteiger partial charge is 0.465 e. The molecular formula is C19H17ClN4O3. The number of carbonyl (C=O) groups excluding carboxylic acids is 1. The Balaban J connectivity index is 1.76. The number of amides is 2. The topological polar surface area (TPSA) is 78.7 Å². The second kappa shape index (κ2) is 6.92. The number of rotatable bonds is 2. The summed E-state index contributed by atoms with van der Waals surface area (Å²) in [5.74, 6) is -0.233. The van der Waals surface area contributed by atoms with Gasteiger partial charge in [-0.1, -0.05) is 29.8 Å².